The maximum Gasteiger partial charge on any atom is 0.707 e. The zero-order valence-corrected chi connectivity index (χ0v) is 12.2. The number of rotatable bonds is 2. The van der Waals surface area contributed by atoms with E-state index in [1.54, 1.807) is 24.3 Å². The third kappa shape index (κ3) is 24.2. The molecule has 0 saturated heterocycles. The molecule has 0 heterocycles. The minimum Gasteiger partial charge on any atom is -0.512 e. The van der Waals surface area contributed by atoms with Crippen LogP contribution in [0, 0.1) is 0 Å². The van der Waals surface area contributed by atoms with E-state index in [1.807, 2.05) is 58.2 Å². The molecule has 0 unspecified atom stereocenters. The molecule has 0 amide bonds. The molecule has 0 radical (unpaired) electrons. The van der Waals surface area contributed by atoms with Crippen LogP contribution in [-0.2, 0) is 0 Å². The van der Waals surface area contributed by atoms with E-state index in [0.29, 0.717) is 5.75 Å². The van der Waals surface area contributed by atoms with Crippen LogP contribution in [0.2, 0.25) is 0 Å². The lowest BCUT2D eigenvalue weighted by Crippen LogP contribution is -2.20. The second kappa shape index (κ2) is 12.4. The van der Waals surface area contributed by atoms with Gasteiger partial charge < -0.3 is 24.5 Å². The zero-order valence-electron chi connectivity index (χ0n) is 12.2. The summed E-state index contributed by atoms with van der Waals surface area (Å²) in [6, 6.07) is 8.59. The maximum absolute atomic E-state index is 8.34. The molecule has 0 aliphatic carbocycles. The molecule has 18 heavy (non-hydrogen) atoms. The molecule has 104 valence electrons. The summed E-state index contributed by atoms with van der Waals surface area (Å²) in [5.74, 6) is 0.442. The summed E-state index contributed by atoms with van der Waals surface area (Å²) in [6.07, 6.45) is 0. The van der Waals surface area contributed by atoms with Crippen LogP contribution < -0.4 is 4.65 Å². The predicted octanol–water partition coefficient (Wildman–Crippen LogP) is 0.390. The van der Waals surface area contributed by atoms with Crippen molar-refractivity contribution in [3.05, 3.63) is 30.3 Å². The fraction of sp³-hybridized carbons (Fsp3) is 0.500. The van der Waals surface area contributed by atoms with Crippen molar-refractivity contribution in [1.29, 1.82) is 0 Å². The number of benzene rings is 1. The lowest BCUT2D eigenvalue weighted by atomic mass is 10.2. The van der Waals surface area contributed by atoms with Crippen LogP contribution in [0.3, 0.4) is 0 Å². The molecule has 0 aliphatic heterocycles. The second-order valence-corrected chi connectivity index (χ2v) is 4.44. The third-order valence-corrected chi connectivity index (χ3v) is 0.985. The summed E-state index contributed by atoms with van der Waals surface area (Å²) in [6.45, 7) is 0. The Bertz CT molecular complexity index is 258. The molecule has 6 heteroatoms. The van der Waals surface area contributed by atoms with E-state index in [4.69, 9.17) is 10.0 Å². The maximum atomic E-state index is 8.34. The van der Waals surface area contributed by atoms with Gasteiger partial charge in [0, 0.05) is 0 Å². The largest absolute Gasteiger partial charge is 0.707 e. The van der Waals surface area contributed by atoms with Gasteiger partial charge in [0.05, 0.1) is 0 Å². The Kier molecular flexibility index (Phi) is 13.3. The van der Waals surface area contributed by atoms with E-state index < -0.39 is 7.32 Å². The molecule has 0 fully saturated rings. The SMILES string of the molecule is CN(C)C.CN(C)C.OB(O)Oc1ccccc1. The summed E-state index contributed by atoms with van der Waals surface area (Å²) in [5, 5.41) is 16.7. The highest BCUT2D eigenvalue weighted by Crippen LogP contribution is 2.07. The Morgan fingerprint density at radius 3 is 1.44 bits per heavy atom. The lowest BCUT2D eigenvalue weighted by Gasteiger charge is -2.01. The van der Waals surface area contributed by atoms with Gasteiger partial charge in [-0.15, -0.1) is 0 Å². The van der Waals surface area contributed by atoms with Crippen LogP contribution in [0.15, 0.2) is 30.3 Å². The second-order valence-electron chi connectivity index (χ2n) is 4.44. The lowest BCUT2D eigenvalue weighted by molar-refractivity contribution is 0.288. The van der Waals surface area contributed by atoms with Crippen molar-refractivity contribution in [1.82, 2.24) is 9.80 Å². The first kappa shape index (κ1) is 19.3. The van der Waals surface area contributed by atoms with E-state index >= 15 is 0 Å². The molecule has 0 aliphatic rings. The molecule has 5 nitrogen and oxygen atoms in total. The van der Waals surface area contributed by atoms with Crippen molar-refractivity contribution in [2.75, 3.05) is 42.3 Å². The number of hydrogen-bond donors (Lipinski definition) is 2. The van der Waals surface area contributed by atoms with E-state index in [0.717, 1.165) is 0 Å². The Morgan fingerprint density at radius 2 is 1.17 bits per heavy atom. The molecule has 0 bridgehead atoms. The van der Waals surface area contributed by atoms with Crippen molar-refractivity contribution in [2.45, 2.75) is 0 Å². The molecule has 1 aromatic carbocycles. The van der Waals surface area contributed by atoms with Crippen LogP contribution in [0.5, 0.6) is 5.75 Å². The van der Waals surface area contributed by atoms with Gasteiger partial charge >= 0.3 is 7.32 Å². The predicted molar refractivity (Wildman–Crippen MR) is 76.5 cm³/mol. The van der Waals surface area contributed by atoms with Gasteiger partial charge in [0.2, 0.25) is 0 Å². The van der Waals surface area contributed by atoms with Gasteiger partial charge in [-0.1, -0.05) is 18.2 Å². The molecule has 0 saturated carbocycles. The van der Waals surface area contributed by atoms with Crippen LogP contribution in [0.1, 0.15) is 0 Å². The Labute approximate surface area is 111 Å². The van der Waals surface area contributed by atoms with Crippen LogP contribution in [0.25, 0.3) is 0 Å². The molecule has 0 spiro atoms. The topological polar surface area (TPSA) is 56.2 Å². The van der Waals surface area contributed by atoms with Crippen molar-refractivity contribution in [2.24, 2.45) is 0 Å². The van der Waals surface area contributed by atoms with E-state index in [-0.39, 0.29) is 0 Å². The first-order chi connectivity index (χ1) is 8.25. The van der Waals surface area contributed by atoms with Crippen molar-refractivity contribution in [3.8, 4) is 5.75 Å². The average Bonchev–Trinajstić information content (AvgIpc) is 2.16. The molecule has 0 atom stereocenters. The molecular formula is C12H25BN2O3. The summed E-state index contributed by atoms with van der Waals surface area (Å²) in [5.41, 5.74) is 0. The van der Waals surface area contributed by atoms with Crippen LogP contribution in [0.4, 0.5) is 0 Å². The number of para-hydroxylation sites is 1. The van der Waals surface area contributed by atoms with Crippen molar-refractivity contribution in [3.63, 3.8) is 0 Å². The quantitative estimate of drug-likeness (QED) is 0.750. The van der Waals surface area contributed by atoms with Gasteiger partial charge in [0.25, 0.3) is 0 Å². The highest BCUT2D eigenvalue weighted by atomic mass is 16.6. The summed E-state index contributed by atoms with van der Waals surface area (Å²) in [4.78, 5) is 4.00. The van der Waals surface area contributed by atoms with E-state index in [1.165, 1.54) is 0 Å². The third-order valence-electron chi connectivity index (χ3n) is 0.985. The number of hydrogen-bond acceptors (Lipinski definition) is 5. The van der Waals surface area contributed by atoms with Gasteiger partial charge in [-0.3, -0.25) is 0 Å². The molecule has 2 N–H and O–H groups in total. The smallest absolute Gasteiger partial charge is 0.512 e. The fourth-order valence-corrected chi connectivity index (χ4v) is 0.621. The Hall–Kier alpha value is -1.08. The first-order valence-corrected chi connectivity index (χ1v) is 5.55. The average molecular weight is 256 g/mol. The van der Waals surface area contributed by atoms with Gasteiger partial charge in [0.1, 0.15) is 5.75 Å². The van der Waals surface area contributed by atoms with Crippen molar-refractivity contribution < 1.29 is 14.7 Å². The number of nitrogens with zero attached hydrogens (tertiary/aromatic N) is 2. The van der Waals surface area contributed by atoms with Gasteiger partial charge in [-0.05, 0) is 54.4 Å². The molecule has 1 rings (SSSR count). The monoisotopic (exact) mass is 256 g/mol. The highest BCUT2D eigenvalue weighted by molar-refractivity contribution is 6.33. The summed E-state index contributed by atoms with van der Waals surface area (Å²) >= 11 is 0. The van der Waals surface area contributed by atoms with Gasteiger partial charge in [0.15, 0.2) is 0 Å². The first-order valence-electron chi connectivity index (χ1n) is 5.55. The fourth-order valence-electron chi connectivity index (χ4n) is 0.621. The molecule has 1 aromatic rings. The standard InChI is InChI=1S/C6H7BO3.2C3H9N/c8-7(9)10-6-4-2-1-3-5-6;2*1-4(2)3/h1-5,8-9H;2*1-3H3. The molecular weight excluding hydrogens is 231 g/mol. The summed E-state index contributed by atoms with van der Waals surface area (Å²) in [7, 11) is 10.3. The van der Waals surface area contributed by atoms with Crippen molar-refractivity contribution >= 4 is 7.32 Å². The van der Waals surface area contributed by atoms with E-state index in [2.05, 4.69) is 4.65 Å². The Balaban J connectivity index is 0. The van der Waals surface area contributed by atoms with Gasteiger partial charge in [-0.2, -0.15) is 0 Å². The highest BCUT2D eigenvalue weighted by Gasteiger charge is 2.09. The molecule has 0 aromatic heterocycles. The zero-order chi connectivity index (χ0) is 14.6. The van der Waals surface area contributed by atoms with Crippen LogP contribution >= 0.6 is 0 Å². The summed E-state index contributed by atoms with van der Waals surface area (Å²) < 4.78 is 4.53. The Morgan fingerprint density at radius 1 is 0.833 bits per heavy atom. The minimum atomic E-state index is -1.73. The van der Waals surface area contributed by atoms with E-state index in [9.17, 15) is 0 Å². The normalized spacial score (nSPS) is 9.00. The van der Waals surface area contributed by atoms with Gasteiger partial charge in [-0.25, -0.2) is 0 Å². The minimum absolute atomic E-state index is 0.442. The van der Waals surface area contributed by atoms with Crippen LogP contribution in [-0.4, -0.2) is 69.5 Å².